The lowest BCUT2D eigenvalue weighted by Crippen LogP contribution is -2.25. The minimum atomic E-state index is -4.50. The summed E-state index contributed by atoms with van der Waals surface area (Å²) in [6, 6.07) is 7.14. The van der Waals surface area contributed by atoms with Crippen LogP contribution in [0.4, 0.5) is 13.2 Å². The predicted molar refractivity (Wildman–Crippen MR) is 93.4 cm³/mol. The van der Waals surface area contributed by atoms with Crippen molar-refractivity contribution in [1.82, 2.24) is 14.1 Å². The molecule has 27 heavy (non-hydrogen) atoms. The highest BCUT2D eigenvalue weighted by atomic mass is 19.4. The Morgan fingerprint density at radius 2 is 1.85 bits per heavy atom. The standard InChI is InChI=1S/C18H18F3N3O3/c1-11-22-16-15(14(9-23(16)2)27-10-18(19,20)21)17(25)24(11)8-12-4-6-13(26-3)7-5-12/h4-7,9H,8,10H2,1-3H3. The highest BCUT2D eigenvalue weighted by Gasteiger charge is 2.29. The molecule has 1 aromatic carbocycles. The molecule has 0 saturated heterocycles. The number of methoxy groups -OCH3 is 1. The van der Waals surface area contributed by atoms with Gasteiger partial charge in [0.25, 0.3) is 5.56 Å². The molecule has 0 N–H and O–H groups in total. The van der Waals surface area contributed by atoms with E-state index in [2.05, 4.69) is 4.98 Å². The lowest BCUT2D eigenvalue weighted by molar-refractivity contribution is -0.153. The van der Waals surface area contributed by atoms with Gasteiger partial charge in [-0.05, 0) is 24.6 Å². The van der Waals surface area contributed by atoms with E-state index in [0.29, 0.717) is 11.6 Å². The first-order chi connectivity index (χ1) is 12.7. The van der Waals surface area contributed by atoms with E-state index in [1.807, 2.05) is 0 Å². The zero-order valence-corrected chi connectivity index (χ0v) is 15.0. The van der Waals surface area contributed by atoms with E-state index in [-0.39, 0.29) is 23.3 Å². The SMILES string of the molecule is COc1ccc(Cn2c(C)nc3c(c(OCC(F)(F)F)cn3C)c2=O)cc1. The third kappa shape index (κ3) is 3.91. The van der Waals surface area contributed by atoms with Crippen LogP contribution in [0, 0.1) is 6.92 Å². The van der Waals surface area contributed by atoms with Gasteiger partial charge in [-0.1, -0.05) is 12.1 Å². The number of aromatic nitrogens is 3. The molecule has 0 bridgehead atoms. The molecule has 0 saturated carbocycles. The second kappa shape index (κ2) is 6.98. The average molecular weight is 381 g/mol. The summed E-state index contributed by atoms with van der Waals surface area (Å²) < 4.78 is 50.3. The number of ether oxygens (including phenoxy) is 2. The maximum atomic E-state index is 13.0. The van der Waals surface area contributed by atoms with Gasteiger partial charge in [-0.3, -0.25) is 9.36 Å². The van der Waals surface area contributed by atoms with Crippen LogP contribution in [0.25, 0.3) is 11.0 Å². The van der Waals surface area contributed by atoms with E-state index in [1.165, 1.54) is 15.3 Å². The van der Waals surface area contributed by atoms with E-state index in [4.69, 9.17) is 9.47 Å². The van der Waals surface area contributed by atoms with Crippen LogP contribution >= 0.6 is 0 Å². The number of benzene rings is 1. The zero-order valence-electron chi connectivity index (χ0n) is 15.0. The number of alkyl halides is 3. The monoisotopic (exact) mass is 381 g/mol. The van der Waals surface area contributed by atoms with Crippen molar-refractivity contribution in [2.75, 3.05) is 13.7 Å². The lowest BCUT2D eigenvalue weighted by atomic mass is 10.2. The number of nitrogens with zero attached hydrogens (tertiary/aromatic N) is 3. The maximum Gasteiger partial charge on any atom is 0.422 e. The minimum Gasteiger partial charge on any atom is -0.497 e. The lowest BCUT2D eigenvalue weighted by Gasteiger charge is -2.11. The molecule has 0 aliphatic heterocycles. The molecule has 0 radical (unpaired) electrons. The third-order valence-corrected chi connectivity index (χ3v) is 4.12. The van der Waals surface area contributed by atoms with Crippen LogP contribution in [-0.2, 0) is 13.6 Å². The fourth-order valence-corrected chi connectivity index (χ4v) is 2.79. The Morgan fingerprint density at radius 1 is 1.19 bits per heavy atom. The van der Waals surface area contributed by atoms with Gasteiger partial charge in [0.1, 0.15) is 17.0 Å². The highest BCUT2D eigenvalue weighted by molar-refractivity contribution is 5.82. The number of rotatable bonds is 5. The molecule has 2 heterocycles. The summed E-state index contributed by atoms with van der Waals surface area (Å²) in [6.45, 7) is 0.427. The van der Waals surface area contributed by atoms with Gasteiger partial charge >= 0.3 is 6.18 Å². The quantitative estimate of drug-likeness (QED) is 0.682. The molecule has 144 valence electrons. The van der Waals surface area contributed by atoms with Gasteiger partial charge in [-0.15, -0.1) is 0 Å². The van der Waals surface area contributed by atoms with Crippen molar-refractivity contribution in [3.63, 3.8) is 0 Å². The third-order valence-electron chi connectivity index (χ3n) is 4.12. The van der Waals surface area contributed by atoms with Crippen LogP contribution < -0.4 is 15.0 Å². The van der Waals surface area contributed by atoms with Gasteiger partial charge in [0.05, 0.1) is 13.7 Å². The summed E-state index contributed by atoms with van der Waals surface area (Å²) >= 11 is 0. The molecule has 2 aromatic heterocycles. The number of hydrogen-bond acceptors (Lipinski definition) is 4. The minimum absolute atomic E-state index is 0.0286. The van der Waals surface area contributed by atoms with E-state index in [0.717, 1.165) is 5.56 Å². The smallest absolute Gasteiger partial charge is 0.422 e. The molecular weight excluding hydrogens is 363 g/mol. The van der Waals surface area contributed by atoms with Crippen molar-refractivity contribution >= 4 is 11.0 Å². The normalized spacial score (nSPS) is 11.8. The number of halogens is 3. The molecule has 3 rings (SSSR count). The molecule has 6 nitrogen and oxygen atoms in total. The highest BCUT2D eigenvalue weighted by Crippen LogP contribution is 2.26. The molecule has 9 heteroatoms. The van der Waals surface area contributed by atoms with Crippen molar-refractivity contribution < 1.29 is 22.6 Å². The summed E-state index contributed by atoms with van der Waals surface area (Å²) in [5, 5.41) is 0.0286. The molecule has 0 aliphatic rings. The maximum absolute atomic E-state index is 13.0. The average Bonchev–Trinajstić information content (AvgIpc) is 2.92. The van der Waals surface area contributed by atoms with Gasteiger partial charge in [-0.25, -0.2) is 4.98 Å². The summed E-state index contributed by atoms with van der Waals surface area (Å²) in [4.78, 5) is 17.3. The first kappa shape index (κ1) is 18.8. The second-order valence-corrected chi connectivity index (χ2v) is 6.11. The number of hydrogen-bond donors (Lipinski definition) is 0. The molecule has 0 spiro atoms. The van der Waals surface area contributed by atoms with Gasteiger partial charge < -0.3 is 14.0 Å². The van der Waals surface area contributed by atoms with Crippen LogP contribution in [0.15, 0.2) is 35.3 Å². The van der Waals surface area contributed by atoms with Crippen molar-refractivity contribution in [3.8, 4) is 11.5 Å². The molecule has 0 atom stereocenters. The largest absolute Gasteiger partial charge is 0.497 e. The van der Waals surface area contributed by atoms with E-state index < -0.39 is 18.3 Å². The van der Waals surface area contributed by atoms with Crippen LogP contribution in [0.3, 0.4) is 0 Å². The Hall–Kier alpha value is -2.97. The second-order valence-electron chi connectivity index (χ2n) is 6.11. The zero-order chi connectivity index (χ0) is 19.8. The van der Waals surface area contributed by atoms with E-state index >= 15 is 0 Å². The first-order valence-corrected chi connectivity index (χ1v) is 8.08. The van der Waals surface area contributed by atoms with Crippen LogP contribution in [-0.4, -0.2) is 34.0 Å². The fourth-order valence-electron chi connectivity index (χ4n) is 2.79. The summed E-state index contributed by atoms with van der Waals surface area (Å²) in [5.74, 6) is 1.000. The predicted octanol–water partition coefficient (Wildman–Crippen LogP) is 3.04. The Balaban J connectivity index is 2.04. The van der Waals surface area contributed by atoms with E-state index in [1.54, 1.807) is 45.3 Å². The van der Waals surface area contributed by atoms with Crippen LogP contribution in [0.1, 0.15) is 11.4 Å². The summed E-state index contributed by atoms with van der Waals surface area (Å²) in [7, 11) is 3.15. The Labute approximate surface area is 152 Å². The van der Waals surface area contributed by atoms with Crippen molar-refractivity contribution in [3.05, 3.63) is 52.2 Å². The Kier molecular flexibility index (Phi) is 4.86. The molecule has 0 fully saturated rings. The van der Waals surface area contributed by atoms with Gasteiger partial charge in [-0.2, -0.15) is 13.2 Å². The number of aryl methyl sites for hydroxylation is 2. The van der Waals surface area contributed by atoms with Crippen molar-refractivity contribution in [2.45, 2.75) is 19.6 Å². The van der Waals surface area contributed by atoms with Crippen LogP contribution in [0.2, 0.25) is 0 Å². The first-order valence-electron chi connectivity index (χ1n) is 8.08. The van der Waals surface area contributed by atoms with Crippen LogP contribution in [0.5, 0.6) is 11.5 Å². The summed E-state index contributed by atoms with van der Waals surface area (Å²) in [5.41, 5.74) is 0.655. The Bertz CT molecular complexity index is 1020. The topological polar surface area (TPSA) is 58.3 Å². The molecule has 3 aromatic rings. The fraction of sp³-hybridized carbons (Fsp3) is 0.333. The van der Waals surface area contributed by atoms with Crippen molar-refractivity contribution in [1.29, 1.82) is 0 Å². The van der Waals surface area contributed by atoms with Gasteiger partial charge in [0.15, 0.2) is 18.0 Å². The van der Waals surface area contributed by atoms with Gasteiger partial charge in [0, 0.05) is 13.2 Å². The molecular formula is C18H18F3N3O3. The number of fused-ring (bicyclic) bond motifs is 1. The molecule has 0 aliphatic carbocycles. The molecule has 0 amide bonds. The van der Waals surface area contributed by atoms with E-state index in [9.17, 15) is 18.0 Å². The Morgan fingerprint density at radius 3 is 2.44 bits per heavy atom. The molecule has 0 unspecified atom stereocenters. The van der Waals surface area contributed by atoms with Gasteiger partial charge in [0.2, 0.25) is 0 Å². The summed E-state index contributed by atoms with van der Waals surface area (Å²) in [6.07, 6.45) is -3.16. The van der Waals surface area contributed by atoms with Crippen molar-refractivity contribution in [2.24, 2.45) is 7.05 Å².